The van der Waals surface area contributed by atoms with Crippen molar-refractivity contribution >= 4 is 5.78 Å². The summed E-state index contributed by atoms with van der Waals surface area (Å²) < 4.78 is 11.6. The van der Waals surface area contributed by atoms with Gasteiger partial charge in [0.15, 0.2) is 23.4 Å². The van der Waals surface area contributed by atoms with Crippen molar-refractivity contribution in [2.24, 2.45) is 0 Å². The number of carbonyl (C=O) groups excluding carboxylic acids is 1. The van der Waals surface area contributed by atoms with Crippen LogP contribution < -0.4 is 9.47 Å². The van der Waals surface area contributed by atoms with Crippen LogP contribution in [0.5, 0.6) is 11.5 Å². The molecular formula is C17H19NO4. The Hall–Kier alpha value is -1.59. The standard InChI is InChI=1S/C17H19NO4/c1-18-8-16-13-9-3-4-11(21-2)14(13)22-15(16)10(19)5-6-17(16,20)12(18)7-9/h3-4,12,15,20H,5-8H2,1-2H3/t12-,15?,16+,17?/m1/s1. The lowest BCUT2D eigenvalue weighted by molar-refractivity contribution is -0.147. The molecule has 1 N–H and O–H groups in total. The molecule has 1 aromatic rings. The Balaban J connectivity index is 1.87. The minimum atomic E-state index is -0.884. The third-order valence-electron chi connectivity index (χ3n) is 6.37. The Morgan fingerprint density at radius 2 is 2.27 bits per heavy atom. The van der Waals surface area contributed by atoms with Crippen LogP contribution in [0, 0.1) is 0 Å². The van der Waals surface area contributed by atoms with Gasteiger partial charge in [-0.05, 0) is 31.5 Å². The monoisotopic (exact) mass is 301 g/mol. The summed E-state index contributed by atoms with van der Waals surface area (Å²) in [4.78, 5) is 14.8. The van der Waals surface area contributed by atoms with Crippen molar-refractivity contribution in [3.05, 3.63) is 23.3 Å². The Bertz CT molecular complexity index is 717. The number of hydrogen-bond donors (Lipinski definition) is 1. The predicted octanol–water partition coefficient (Wildman–Crippen LogP) is 0.658. The molecule has 0 radical (unpaired) electrons. The van der Waals surface area contributed by atoms with Gasteiger partial charge in [-0.2, -0.15) is 0 Å². The maximum absolute atomic E-state index is 12.6. The van der Waals surface area contributed by atoms with E-state index in [1.807, 2.05) is 13.1 Å². The Morgan fingerprint density at radius 3 is 3.05 bits per heavy atom. The number of ketones is 1. The molecule has 4 atom stereocenters. The van der Waals surface area contributed by atoms with Gasteiger partial charge in [-0.3, -0.25) is 9.69 Å². The van der Waals surface area contributed by atoms with Crippen LogP contribution in [0.3, 0.4) is 0 Å². The summed E-state index contributed by atoms with van der Waals surface area (Å²) in [6.45, 7) is 0.664. The average molecular weight is 301 g/mol. The molecule has 2 aliphatic heterocycles. The molecule has 1 aromatic carbocycles. The minimum absolute atomic E-state index is 0.0542. The molecule has 116 valence electrons. The lowest BCUT2D eigenvalue weighted by atomic mass is 9.54. The summed E-state index contributed by atoms with van der Waals surface area (Å²) in [6, 6.07) is 4.03. The summed E-state index contributed by atoms with van der Waals surface area (Å²) in [5, 5.41) is 11.6. The third-order valence-corrected chi connectivity index (χ3v) is 6.37. The lowest BCUT2D eigenvalue weighted by Crippen LogP contribution is -2.66. The molecule has 5 nitrogen and oxygen atoms in total. The molecule has 22 heavy (non-hydrogen) atoms. The first-order valence-corrected chi connectivity index (χ1v) is 7.85. The molecule has 1 saturated carbocycles. The van der Waals surface area contributed by atoms with E-state index in [9.17, 15) is 9.90 Å². The number of Topliss-reactive ketones (excluding diaryl/α,β-unsaturated/α-hetero) is 1. The fourth-order valence-corrected chi connectivity index (χ4v) is 5.51. The largest absolute Gasteiger partial charge is 0.493 e. The van der Waals surface area contributed by atoms with Crippen LogP contribution in [0.15, 0.2) is 12.1 Å². The maximum Gasteiger partial charge on any atom is 0.174 e. The normalized spacial score (nSPS) is 41.3. The van der Waals surface area contributed by atoms with E-state index in [1.54, 1.807) is 7.11 Å². The van der Waals surface area contributed by atoms with Crippen molar-refractivity contribution < 1.29 is 19.4 Å². The Labute approximate surface area is 128 Å². The summed E-state index contributed by atoms with van der Waals surface area (Å²) in [7, 11) is 3.65. The number of carbonyl (C=O) groups is 1. The highest BCUT2D eigenvalue weighted by Crippen LogP contribution is 2.64. The number of methoxy groups -OCH3 is 1. The number of aliphatic hydroxyl groups is 1. The van der Waals surface area contributed by atoms with Crippen LogP contribution in [0.4, 0.5) is 0 Å². The first kappa shape index (κ1) is 12.9. The third kappa shape index (κ3) is 1.09. The van der Waals surface area contributed by atoms with Crippen LogP contribution in [0.25, 0.3) is 0 Å². The fourth-order valence-electron chi connectivity index (χ4n) is 5.51. The van der Waals surface area contributed by atoms with E-state index in [1.165, 1.54) is 5.56 Å². The summed E-state index contributed by atoms with van der Waals surface area (Å²) >= 11 is 0. The number of hydrogen-bond acceptors (Lipinski definition) is 5. The lowest BCUT2D eigenvalue weighted by Gasteiger charge is -2.50. The molecule has 5 rings (SSSR count). The van der Waals surface area contributed by atoms with Gasteiger partial charge in [0, 0.05) is 24.6 Å². The second kappa shape index (κ2) is 3.66. The number of likely N-dealkylation sites (N-methyl/N-ethyl adjacent to an activating group) is 1. The molecule has 2 aliphatic carbocycles. The van der Waals surface area contributed by atoms with Gasteiger partial charge in [-0.15, -0.1) is 0 Å². The zero-order chi connectivity index (χ0) is 15.3. The van der Waals surface area contributed by atoms with Crippen LogP contribution in [0.2, 0.25) is 0 Å². The predicted molar refractivity (Wildman–Crippen MR) is 78.4 cm³/mol. The Kier molecular flexibility index (Phi) is 2.15. The average Bonchev–Trinajstić information content (AvgIpc) is 2.90. The number of rotatable bonds is 1. The van der Waals surface area contributed by atoms with Crippen LogP contribution in [-0.2, 0) is 16.6 Å². The van der Waals surface area contributed by atoms with Crippen molar-refractivity contribution in [1.29, 1.82) is 0 Å². The molecule has 2 bridgehead atoms. The number of nitrogens with zero attached hydrogens (tertiary/aromatic N) is 1. The summed E-state index contributed by atoms with van der Waals surface area (Å²) in [5.41, 5.74) is 0.699. The van der Waals surface area contributed by atoms with Gasteiger partial charge in [0.1, 0.15) is 0 Å². The first-order valence-electron chi connectivity index (χ1n) is 7.85. The quantitative estimate of drug-likeness (QED) is 0.826. The van der Waals surface area contributed by atoms with Gasteiger partial charge in [-0.25, -0.2) is 0 Å². The smallest absolute Gasteiger partial charge is 0.174 e. The second-order valence-electron chi connectivity index (χ2n) is 7.13. The van der Waals surface area contributed by atoms with Crippen LogP contribution in [0.1, 0.15) is 24.0 Å². The molecule has 0 aromatic heterocycles. The van der Waals surface area contributed by atoms with Gasteiger partial charge in [-0.1, -0.05) is 6.07 Å². The van der Waals surface area contributed by atoms with Crippen molar-refractivity contribution in [3.8, 4) is 11.5 Å². The second-order valence-corrected chi connectivity index (χ2v) is 7.13. The molecule has 1 spiro atoms. The van der Waals surface area contributed by atoms with Gasteiger partial charge in [0.2, 0.25) is 0 Å². The van der Waals surface area contributed by atoms with Crippen molar-refractivity contribution in [2.45, 2.75) is 42.4 Å². The number of likely N-dealkylation sites (tertiary alicyclic amines) is 1. The van der Waals surface area contributed by atoms with Crippen molar-refractivity contribution in [1.82, 2.24) is 4.90 Å². The minimum Gasteiger partial charge on any atom is -0.493 e. The Morgan fingerprint density at radius 1 is 1.45 bits per heavy atom. The molecule has 4 aliphatic rings. The molecule has 0 amide bonds. The van der Waals surface area contributed by atoms with E-state index in [0.717, 1.165) is 12.0 Å². The highest BCUT2D eigenvalue weighted by Gasteiger charge is 2.75. The van der Waals surface area contributed by atoms with E-state index >= 15 is 0 Å². The maximum atomic E-state index is 12.6. The number of benzene rings is 1. The van der Waals surface area contributed by atoms with E-state index < -0.39 is 17.1 Å². The highest BCUT2D eigenvalue weighted by atomic mass is 16.5. The van der Waals surface area contributed by atoms with Gasteiger partial charge in [0.25, 0.3) is 0 Å². The summed E-state index contributed by atoms with van der Waals surface area (Å²) in [6.07, 6.45) is 1.13. The highest BCUT2D eigenvalue weighted by molar-refractivity contribution is 5.90. The molecule has 2 fully saturated rings. The topological polar surface area (TPSA) is 59.0 Å². The van der Waals surface area contributed by atoms with E-state index in [-0.39, 0.29) is 11.8 Å². The van der Waals surface area contributed by atoms with Gasteiger partial charge >= 0.3 is 0 Å². The molecule has 2 unspecified atom stereocenters. The zero-order valence-electron chi connectivity index (χ0n) is 12.8. The zero-order valence-corrected chi connectivity index (χ0v) is 12.8. The van der Waals surface area contributed by atoms with Gasteiger partial charge in [0.05, 0.1) is 18.1 Å². The van der Waals surface area contributed by atoms with Gasteiger partial charge < -0.3 is 14.6 Å². The summed E-state index contributed by atoms with van der Waals surface area (Å²) in [5.74, 6) is 1.43. The fraction of sp³-hybridized carbons (Fsp3) is 0.588. The SMILES string of the molecule is COc1ccc2c3c1OC1C(=O)CCC4(O)[C@@H](C2)N(C)C[C@]314. The van der Waals surface area contributed by atoms with E-state index in [2.05, 4.69) is 11.0 Å². The molecule has 5 heteroatoms. The van der Waals surface area contributed by atoms with E-state index in [4.69, 9.17) is 9.47 Å². The van der Waals surface area contributed by atoms with Crippen molar-refractivity contribution in [2.75, 3.05) is 20.7 Å². The van der Waals surface area contributed by atoms with Crippen LogP contribution in [-0.4, -0.2) is 54.2 Å². The van der Waals surface area contributed by atoms with Crippen molar-refractivity contribution in [3.63, 3.8) is 0 Å². The first-order chi connectivity index (χ1) is 10.5. The molecule has 1 saturated heterocycles. The van der Waals surface area contributed by atoms with E-state index in [0.29, 0.717) is 30.9 Å². The number of ether oxygens (including phenoxy) is 2. The molecular weight excluding hydrogens is 282 g/mol. The van der Waals surface area contributed by atoms with Crippen LogP contribution >= 0.6 is 0 Å². The molecule has 2 heterocycles.